The van der Waals surface area contributed by atoms with Crippen LogP contribution < -0.4 is 16.4 Å². The van der Waals surface area contributed by atoms with Gasteiger partial charge in [0, 0.05) is 31.1 Å². The Bertz CT molecular complexity index is 735. The Morgan fingerprint density at radius 1 is 1.38 bits per heavy atom. The fourth-order valence-corrected chi connectivity index (χ4v) is 3.77. The molecule has 1 fully saturated rings. The fraction of sp³-hybridized carbons (Fsp3) is 0.444. The van der Waals surface area contributed by atoms with Crippen LogP contribution in [0.2, 0.25) is 0 Å². The molecule has 1 aromatic heterocycles. The van der Waals surface area contributed by atoms with Crippen LogP contribution in [0.25, 0.3) is 0 Å². The van der Waals surface area contributed by atoms with Crippen LogP contribution in [0.4, 0.5) is 5.82 Å². The van der Waals surface area contributed by atoms with Gasteiger partial charge in [0.15, 0.2) is 0 Å². The third-order valence-electron chi connectivity index (χ3n) is 5.36. The van der Waals surface area contributed by atoms with Gasteiger partial charge in [-0.05, 0) is 24.8 Å². The molecule has 2 heterocycles. The molecule has 4 N–H and O–H groups in total. The normalized spacial score (nSPS) is 21.4. The molecule has 0 bridgehead atoms. The van der Waals surface area contributed by atoms with Gasteiger partial charge in [0.1, 0.15) is 11.4 Å². The molecule has 24 heavy (non-hydrogen) atoms. The highest BCUT2D eigenvalue weighted by atomic mass is 16.1. The Kier molecular flexibility index (Phi) is 3.76. The smallest absolute Gasteiger partial charge is 0.254 e. The number of nitrogens with zero attached hydrogens (tertiary/aromatic N) is 2. The summed E-state index contributed by atoms with van der Waals surface area (Å²) in [6.45, 7) is 2.55. The zero-order chi connectivity index (χ0) is 16.6. The Morgan fingerprint density at radius 2 is 2.17 bits per heavy atom. The van der Waals surface area contributed by atoms with Crippen molar-refractivity contribution in [3.05, 3.63) is 47.7 Å². The number of carbonyl (C=O) groups is 1. The molecular weight excluding hydrogens is 302 g/mol. The largest absolute Gasteiger partial charge is 0.369 e. The van der Waals surface area contributed by atoms with E-state index in [2.05, 4.69) is 46.1 Å². The minimum atomic E-state index is -0.433. The third kappa shape index (κ3) is 2.57. The van der Waals surface area contributed by atoms with Crippen molar-refractivity contribution in [3.8, 4) is 0 Å². The van der Waals surface area contributed by atoms with Gasteiger partial charge in [0.05, 0.1) is 6.20 Å². The molecule has 1 amide bonds. The van der Waals surface area contributed by atoms with Crippen molar-refractivity contribution < 1.29 is 4.79 Å². The number of benzene rings is 1. The maximum absolute atomic E-state index is 11.4. The summed E-state index contributed by atoms with van der Waals surface area (Å²) in [4.78, 5) is 11.4. The molecule has 6 heteroatoms. The van der Waals surface area contributed by atoms with Crippen LogP contribution in [-0.2, 0) is 12.1 Å². The Hall–Kier alpha value is -2.34. The van der Waals surface area contributed by atoms with Crippen molar-refractivity contribution >= 4 is 11.7 Å². The molecule has 1 aliphatic heterocycles. The van der Waals surface area contributed by atoms with E-state index in [1.54, 1.807) is 6.20 Å². The van der Waals surface area contributed by atoms with Crippen molar-refractivity contribution in [2.45, 2.75) is 31.3 Å². The summed E-state index contributed by atoms with van der Waals surface area (Å²) < 4.78 is 1.85. The summed E-state index contributed by atoms with van der Waals surface area (Å²) >= 11 is 0. The first-order chi connectivity index (χ1) is 11.7. The molecule has 1 aliphatic carbocycles. The lowest BCUT2D eigenvalue weighted by Crippen LogP contribution is -2.51. The van der Waals surface area contributed by atoms with Crippen molar-refractivity contribution in [1.82, 2.24) is 15.1 Å². The zero-order valence-electron chi connectivity index (χ0n) is 13.7. The van der Waals surface area contributed by atoms with Gasteiger partial charge < -0.3 is 16.4 Å². The number of hydrogen-bond acceptors (Lipinski definition) is 4. The molecule has 2 aromatic rings. The first-order valence-corrected chi connectivity index (χ1v) is 8.58. The minimum absolute atomic E-state index is 0.129. The van der Waals surface area contributed by atoms with E-state index in [1.807, 2.05) is 4.68 Å². The zero-order valence-corrected chi connectivity index (χ0v) is 13.7. The number of amides is 1. The van der Waals surface area contributed by atoms with E-state index in [-0.39, 0.29) is 5.54 Å². The molecule has 6 nitrogen and oxygen atoms in total. The van der Waals surface area contributed by atoms with Gasteiger partial charge in [0.25, 0.3) is 5.91 Å². The van der Waals surface area contributed by atoms with E-state index in [9.17, 15) is 4.79 Å². The molecule has 0 unspecified atom stereocenters. The summed E-state index contributed by atoms with van der Waals surface area (Å²) in [5.41, 5.74) is 7.37. The highest BCUT2D eigenvalue weighted by Gasteiger charge is 2.38. The van der Waals surface area contributed by atoms with Crippen molar-refractivity contribution in [3.63, 3.8) is 0 Å². The molecular formula is C18H23N5O. The number of fused-ring (bicyclic) bond motifs is 1. The van der Waals surface area contributed by atoms with Crippen LogP contribution in [0.5, 0.6) is 0 Å². The molecule has 1 saturated carbocycles. The number of nitrogens with one attached hydrogen (secondary N) is 2. The van der Waals surface area contributed by atoms with Gasteiger partial charge in [-0.15, -0.1) is 0 Å². The summed E-state index contributed by atoms with van der Waals surface area (Å²) in [6.07, 6.45) is 5.21. The summed E-state index contributed by atoms with van der Waals surface area (Å²) in [7, 11) is 0. The van der Waals surface area contributed by atoms with E-state index in [1.165, 1.54) is 24.8 Å². The lowest BCUT2D eigenvalue weighted by molar-refractivity contribution is 0.100. The van der Waals surface area contributed by atoms with Crippen molar-refractivity contribution in [1.29, 1.82) is 0 Å². The van der Waals surface area contributed by atoms with Crippen LogP contribution in [0, 0.1) is 5.92 Å². The van der Waals surface area contributed by atoms with E-state index in [0.29, 0.717) is 11.5 Å². The number of aromatic nitrogens is 2. The highest BCUT2D eigenvalue weighted by Crippen LogP contribution is 2.41. The average molecular weight is 325 g/mol. The predicted octanol–water partition coefficient (Wildman–Crippen LogP) is 1.69. The van der Waals surface area contributed by atoms with Crippen LogP contribution >= 0.6 is 0 Å². The second kappa shape index (κ2) is 5.94. The van der Waals surface area contributed by atoms with E-state index < -0.39 is 5.91 Å². The number of nitrogens with two attached hydrogens (primary N) is 1. The lowest BCUT2D eigenvalue weighted by Gasteiger charge is -2.44. The van der Waals surface area contributed by atoms with Crippen molar-refractivity contribution in [2.75, 3.05) is 18.4 Å². The van der Waals surface area contributed by atoms with E-state index >= 15 is 0 Å². The monoisotopic (exact) mass is 325 g/mol. The van der Waals surface area contributed by atoms with Crippen LogP contribution in [-0.4, -0.2) is 28.8 Å². The SMILES string of the molecule is NC(=O)c1cnn2c1NC[C@@H](CNC1(c3ccccc3)CCC1)C2. The standard InChI is InChI=1S/C18H23N5O/c19-16(24)15-11-22-23-12-13(9-20-17(15)23)10-21-18(7-4-8-18)14-5-2-1-3-6-14/h1-3,5-6,11,13,20-21H,4,7-10,12H2,(H2,19,24)/t13-/m0/s1. The van der Waals surface area contributed by atoms with Gasteiger partial charge in [-0.25, -0.2) is 4.68 Å². The van der Waals surface area contributed by atoms with E-state index in [4.69, 9.17) is 5.73 Å². The van der Waals surface area contributed by atoms with Crippen molar-refractivity contribution in [2.24, 2.45) is 11.7 Å². The van der Waals surface area contributed by atoms with Gasteiger partial charge in [-0.3, -0.25) is 4.79 Å². The topological polar surface area (TPSA) is 85.0 Å². The maximum Gasteiger partial charge on any atom is 0.254 e. The van der Waals surface area contributed by atoms with Crippen LogP contribution in [0.1, 0.15) is 35.2 Å². The number of primary amides is 1. The van der Waals surface area contributed by atoms with Gasteiger partial charge in [-0.2, -0.15) is 5.10 Å². The minimum Gasteiger partial charge on any atom is -0.369 e. The summed E-state index contributed by atoms with van der Waals surface area (Å²) in [5.74, 6) is 0.748. The Labute approximate surface area is 141 Å². The molecule has 0 spiro atoms. The van der Waals surface area contributed by atoms with E-state index in [0.717, 1.165) is 25.5 Å². The molecule has 0 radical (unpaired) electrons. The quantitative estimate of drug-likeness (QED) is 0.781. The molecule has 1 aromatic carbocycles. The molecule has 2 aliphatic rings. The van der Waals surface area contributed by atoms with Crippen LogP contribution in [0.15, 0.2) is 36.5 Å². The second-order valence-electron chi connectivity index (χ2n) is 6.88. The fourth-order valence-electron chi connectivity index (χ4n) is 3.77. The van der Waals surface area contributed by atoms with Crippen LogP contribution in [0.3, 0.4) is 0 Å². The first kappa shape index (κ1) is 15.2. The second-order valence-corrected chi connectivity index (χ2v) is 6.88. The molecule has 1 atom stereocenters. The Balaban J connectivity index is 1.42. The van der Waals surface area contributed by atoms with Gasteiger partial charge >= 0.3 is 0 Å². The average Bonchev–Trinajstić information content (AvgIpc) is 2.98. The predicted molar refractivity (Wildman–Crippen MR) is 92.7 cm³/mol. The first-order valence-electron chi connectivity index (χ1n) is 8.58. The Morgan fingerprint density at radius 3 is 2.83 bits per heavy atom. The lowest BCUT2D eigenvalue weighted by atomic mass is 9.71. The van der Waals surface area contributed by atoms with Gasteiger partial charge in [0.2, 0.25) is 0 Å². The molecule has 4 rings (SSSR count). The number of carbonyl (C=O) groups excluding carboxylic acids is 1. The summed E-state index contributed by atoms with van der Waals surface area (Å²) in [6, 6.07) is 10.7. The third-order valence-corrected chi connectivity index (χ3v) is 5.36. The summed E-state index contributed by atoms with van der Waals surface area (Å²) in [5, 5.41) is 11.4. The van der Waals surface area contributed by atoms with Gasteiger partial charge in [-0.1, -0.05) is 30.3 Å². The number of rotatable bonds is 5. The highest BCUT2D eigenvalue weighted by molar-refractivity contribution is 5.97. The number of hydrogen-bond donors (Lipinski definition) is 3. The maximum atomic E-state index is 11.4. The molecule has 0 saturated heterocycles. The molecule has 126 valence electrons. The number of anilines is 1.